The molecule has 4 nitrogen and oxygen atoms in total. The zero-order chi connectivity index (χ0) is 17.6. The maximum Gasteiger partial charge on any atom is 0.253 e. The first-order chi connectivity index (χ1) is 12.1. The lowest BCUT2D eigenvalue weighted by Crippen LogP contribution is -2.23. The second kappa shape index (κ2) is 7.77. The summed E-state index contributed by atoms with van der Waals surface area (Å²) in [5, 5.41) is 6.60. The highest BCUT2D eigenvalue weighted by Crippen LogP contribution is 2.19. The van der Waals surface area contributed by atoms with Gasteiger partial charge in [0, 0.05) is 23.5 Å². The molecule has 0 saturated carbocycles. The lowest BCUT2D eigenvalue weighted by Gasteiger charge is -2.09. The molecule has 0 saturated heterocycles. The average molecular weight is 356 g/mol. The third-order valence-electron chi connectivity index (χ3n) is 3.50. The minimum atomic E-state index is -0.305. The van der Waals surface area contributed by atoms with E-state index in [0.29, 0.717) is 22.8 Å². The zero-order valence-electron chi connectivity index (χ0n) is 13.2. The van der Waals surface area contributed by atoms with Crippen molar-refractivity contribution >= 4 is 28.9 Å². The van der Waals surface area contributed by atoms with Crippen LogP contribution in [0.2, 0.25) is 5.02 Å². The number of halogens is 2. The molecule has 25 heavy (non-hydrogen) atoms. The third-order valence-corrected chi connectivity index (χ3v) is 3.75. The number of nitrogens with zero attached hydrogens (tertiary/aromatic N) is 1. The van der Waals surface area contributed by atoms with E-state index >= 15 is 0 Å². The van der Waals surface area contributed by atoms with Crippen LogP contribution in [0, 0.1) is 5.82 Å². The Morgan fingerprint density at radius 2 is 1.72 bits per heavy atom. The Morgan fingerprint density at radius 1 is 1.00 bits per heavy atom. The number of pyridine rings is 1. The van der Waals surface area contributed by atoms with Gasteiger partial charge in [0.05, 0.1) is 17.4 Å². The molecule has 0 unspecified atom stereocenters. The number of aromatic nitrogens is 1. The molecule has 3 aromatic rings. The molecule has 6 heteroatoms. The Balaban J connectivity index is 1.64. The summed E-state index contributed by atoms with van der Waals surface area (Å²) < 4.78 is 12.9. The van der Waals surface area contributed by atoms with E-state index in [4.69, 9.17) is 11.6 Å². The molecule has 0 aliphatic rings. The van der Waals surface area contributed by atoms with Gasteiger partial charge in [-0.3, -0.25) is 9.78 Å². The van der Waals surface area contributed by atoms with Crippen molar-refractivity contribution in [3.8, 4) is 0 Å². The quantitative estimate of drug-likeness (QED) is 0.706. The second-order valence-corrected chi connectivity index (χ2v) is 5.84. The van der Waals surface area contributed by atoms with Gasteiger partial charge in [-0.15, -0.1) is 0 Å². The Morgan fingerprint density at radius 3 is 2.44 bits per heavy atom. The van der Waals surface area contributed by atoms with E-state index in [9.17, 15) is 9.18 Å². The van der Waals surface area contributed by atoms with Gasteiger partial charge in [0.1, 0.15) is 5.82 Å². The Labute approximate surface area is 149 Å². The summed E-state index contributed by atoms with van der Waals surface area (Å²) in [6.07, 6.45) is 3.12. The fraction of sp³-hybridized carbons (Fsp3) is 0.0526. The second-order valence-electron chi connectivity index (χ2n) is 5.40. The van der Waals surface area contributed by atoms with E-state index < -0.39 is 0 Å². The summed E-state index contributed by atoms with van der Waals surface area (Å²) in [4.78, 5) is 16.4. The molecule has 0 fully saturated rings. The van der Waals surface area contributed by atoms with Crippen LogP contribution in [-0.4, -0.2) is 10.9 Å². The van der Waals surface area contributed by atoms with Crippen LogP contribution in [-0.2, 0) is 6.54 Å². The number of benzene rings is 2. The van der Waals surface area contributed by atoms with Crippen LogP contribution >= 0.6 is 11.6 Å². The fourth-order valence-electron chi connectivity index (χ4n) is 2.22. The first-order valence-corrected chi connectivity index (χ1v) is 7.98. The monoisotopic (exact) mass is 355 g/mol. The number of carbonyl (C=O) groups is 1. The maximum absolute atomic E-state index is 12.9. The number of nitrogens with one attached hydrogen (secondary N) is 2. The number of hydrogen-bond acceptors (Lipinski definition) is 3. The van der Waals surface area contributed by atoms with Gasteiger partial charge >= 0.3 is 0 Å². The summed E-state index contributed by atoms with van der Waals surface area (Å²) in [5.41, 5.74) is 2.78. The molecule has 2 aromatic carbocycles. The highest BCUT2D eigenvalue weighted by atomic mass is 35.5. The van der Waals surface area contributed by atoms with Crippen molar-refractivity contribution in [2.45, 2.75) is 6.54 Å². The smallest absolute Gasteiger partial charge is 0.253 e. The lowest BCUT2D eigenvalue weighted by atomic mass is 10.2. The largest absolute Gasteiger partial charge is 0.354 e. The van der Waals surface area contributed by atoms with Crippen LogP contribution in [0.15, 0.2) is 67.0 Å². The molecule has 126 valence electrons. The minimum absolute atomic E-state index is 0.253. The lowest BCUT2D eigenvalue weighted by molar-refractivity contribution is 0.0950. The number of amides is 1. The van der Waals surface area contributed by atoms with Crippen LogP contribution in [0.5, 0.6) is 0 Å². The molecule has 0 aliphatic carbocycles. The third kappa shape index (κ3) is 4.78. The molecular formula is C19H15ClFN3O. The van der Waals surface area contributed by atoms with E-state index in [1.165, 1.54) is 18.3 Å². The summed E-state index contributed by atoms with van der Waals surface area (Å²) in [7, 11) is 0. The SMILES string of the molecule is O=C(NCc1ccc(F)cc1)c1cncc(Nc2ccc(Cl)cc2)c1. The van der Waals surface area contributed by atoms with Crippen LogP contribution in [0.3, 0.4) is 0 Å². The molecule has 2 N–H and O–H groups in total. The number of rotatable bonds is 5. The highest BCUT2D eigenvalue weighted by Gasteiger charge is 2.07. The van der Waals surface area contributed by atoms with E-state index in [-0.39, 0.29) is 11.7 Å². The van der Waals surface area contributed by atoms with Crippen molar-refractivity contribution in [2.24, 2.45) is 0 Å². The molecule has 0 bridgehead atoms. The van der Waals surface area contributed by atoms with Gasteiger partial charge in [-0.05, 0) is 48.0 Å². The van der Waals surface area contributed by atoms with Gasteiger partial charge in [-0.25, -0.2) is 4.39 Å². The Bertz CT molecular complexity index is 867. The summed E-state index contributed by atoms with van der Waals surface area (Å²) >= 11 is 5.86. The Hall–Kier alpha value is -2.92. The van der Waals surface area contributed by atoms with Crippen molar-refractivity contribution in [3.63, 3.8) is 0 Å². The standard InChI is InChI=1S/C19H15ClFN3O/c20-15-3-7-17(8-4-15)24-18-9-14(11-22-12-18)19(25)23-10-13-1-5-16(21)6-2-13/h1-9,11-12,24H,10H2,(H,23,25). The van der Waals surface area contributed by atoms with Crippen molar-refractivity contribution in [3.05, 3.63) is 89.0 Å². The summed E-state index contributed by atoms with van der Waals surface area (Å²) in [6.45, 7) is 0.313. The molecule has 0 aliphatic heterocycles. The molecular weight excluding hydrogens is 341 g/mol. The molecule has 1 aromatic heterocycles. The van der Waals surface area contributed by atoms with Crippen LogP contribution in [0.1, 0.15) is 15.9 Å². The van der Waals surface area contributed by atoms with Crippen molar-refractivity contribution in [2.75, 3.05) is 5.32 Å². The Kier molecular flexibility index (Phi) is 5.26. The highest BCUT2D eigenvalue weighted by molar-refractivity contribution is 6.30. The first-order valence-electron chi connectivity index (χ1n) is 7.60. The van der Waals surface area contributed by atoms with Crippen molar-refractivity contribution in [1.82, 2.24) is 10.3 Å². The van der Waals surface area contributed by atoms with Crippen LogP contribution in [0.4, 0.5) is 15.8 Å². The minimum Gasteiger partial charge on any atom is -0.354 e. The van der Waals surface area contributed by atoms with Crippen LogP contribution in [0.25, 0.3) is 0 Å². The number of hydrogen-bond donors (Lipinski definition) is 2. The zero-order valence-corrected chi connectivity index (χ0v) is 13.9. The maximum atomic E-state index is 12.9. The average Bonchev–Trinajstić information content (AvgIpc) is 2.63. The molecule has 0 radical (unpaired) electrons. The summed E-state index contributed by atoms with van der Waals surface area (Å²) in [5.74, 6) is -0.558. The van der Waals surface area contributed by atoms with E-state index in [1.54, 1.807) is 36.5 Å². The normalized spacial score (nSPS) is 10.3. The van der Waals surface area contributed by atoms with Gasteiger partial charge in [0.25, 0.3) is 5.91 Å². The number of anilines is 2. The molecule has 3 rings (SSSR count). The van der Waals surface area contributed by atoms with Gasteiger partial charge in [-0.2, -0.15) is 0 Å². The van der Waals surface area contributed by atoms with Gasteiger partial charge < -0.3 is 10.6 Å². The molecule has 0 spiro atoms. The van der Waals surface area contributed by atoms with E-state index in [2.05, 4.69) is 15.6 Å². The van der Waals surface area contributed by atoms with Gasteiger partial charge in [0.2, 0.25) is 0 Å². The predicted molar refractivity (Wildman–Crippen MR) is 96.5 cm³/mol. The van der Waals surface area contributed by atoms with Gasteiger partial charge in [-0.1, -0.05) is 23.7 Å². The molecule has 0 atom stereocenters. The van der Waals surface area contributed by atoms with E-state index in [0.717, 1.165) is 11.3 Å². The van der Waals surface area contributed by atoms with Crippen LogP contribution < -0.4 is 10.6 Å². The molecule has 1 heterocycles. The fourth-order valence-corrected chi connectivity index (χ4v) is 2.35. The summed E-state index contributed by atoms with van der Waals surface area (Å²) in [6, 6.07) is 14.9. The first kappa shape index (κ1) is 16.9. The van der Waals surface area contributed by atoms with Crippen molar-refractivity contribution < 1.29 is 9.18 Å². The van der Waals surface area contributed by atoms with Gasteiger partial charge in [0.15, 0.2) is 0 Å². The molecule has 1 amide bonds. The van der Waals surface area contributed by atoms with E-state index in [1.807, 2.05) is 12.1 Å². The topological polar surface area (TPSA) is 54.0 Å². The van der Waals surface area contributed by atoms with Crippen molar-refractivity contribution in [1.29, 1.82) is 0 Å². The predicted octanol–water partition coefficient (Wildman–Crippen LogP) is 4.55. The number of carbonyl (C=O) groups excluding carboxylic acids is 1.